The standard InChI is InChI=1S/C25H16Cl2N2O5S/c1-11-23(12(2)30)35-25(28-11)29-20(14-7-8-15(26)16(27)9-14)19(22(32)24(29)33)21(31)18-10-13-5-3-4-6-17(13)34-18/h3-10,20,32H,1-2H3/t20-/m0/s1. The van der Waals surface area contributed by atoms with Crippen LogP contribution in [-0.2, 0) is 4.79 Å². The van der Waals surface area contributed by atoms with E-state index < -0.39 is 23.5 Å². The molecule has 0 saturated heterocycles. The van der Waals surface area contributed by atoms with E-state index in [9.17, 15) is 19.5 Å². The van der Waals surface area contributed by atoms with Gasteiger partial charge in [0.2, 0.25) is 5.78 Å². The first kappa shape index (κ1) is 23.3. The van der Waals surface area contributed by atoms with Gasteiger partial charge in [0.05, 0.1) is 32.2 Å². The summed E-state index contributed by atoms with van der Waals surface area (Å²) in [4.78, 5) is 44.9. The Morgan fingerprint density at radius 3 is 2.51 bits per heavy atom. The van der Waals surface area contributed by atoms with Crippen molar-refractivity contribution in [1.29, 1.82) is 0 Å². The summed E-state index contributed by atoms with van der Waals surface area (Å²) >= 11 is 13.3. The van der Waals surface area contributed by atoms with E-state index >= 15 is 0 Å². The van der Waals surface area contributed by atoms with Gasteiger partial charge >= 0.3 is 0 Å². The van der Waals surface area contributed by atoms with Crippen molar-refractivity contribution in [3.63, 3.8) is 0 Å². The second-order valence-corrected chi connectivity index (χ2v) is 9.75. The quantitative estimate of drug-likeness (QED) is 0.298. The zero-order valence-corrected chi connectivity index (χ0v) is 20.7. The maximum Gasteiger partial charge on any atom is 0.296 e. The highest BCUT2D eigenvalue weighted by Gasteiger charge is 2.47. The highest BCUT2D eigenvalue weighted by molar-refractivity contribution is 7.17. The first-order valence-corrected chi connectivity index (χ1v) is 12.0. The van der Waals surface area contributed by atoms with E-state index in [-0.39, 0.29) is 32.3 Å². The van der Waals surface area contributed by atoms with Gasteiger partial charge < -0.3 is 9.52 Å². The normalized spacial score (nSPS) is 15.9. The Morgan fingerprint density at radius 2 is 1.86 bits per heavy atom. The number of anilines is 1. The van der Waals surface area contributed by atoms with Gasteiger partial charge in [0, 0.05) is 12.3 Å². The van der Waals surface area contributed by atoms with Crippen molar-refractivity contribution in [2.24, 2.45) is 0 Å². The van der Waals surface area contributed by atoms with Crippen molar-refractivity contribution in [2.45, 2.75) is 19.9 Å². The van der Waals surface area contributed by atoms with Crippen molar-refractivity contribution in [1.82, 2.24) is 4.98 Å². The molecule has 1 aliphatic rings. The summed E-state index contributed by atoms with van der Waals surface area (Å²) in [5, 5.41) is 12.3. The number of aliphatic hydroxyl groups is 1. The Labute approximate surface area is 213 Å². The molecule has 1 atom stereocenters. The zero-order valence-electron chi connectivity index (χ0n) is 18.3. The molecule has 5 rings (SSSR count). The van der Waals surface area contributed by atoms with Crippen molar-refractivity contribution >= 4 is 68.1 Å². The third kappa shape index (κ3) is 3.83. The van der Waals surface area contributed by atoms with Gasteiger partial charge in [-0.3, -0.25) is 19.3 Å². The van der Waals surface area contributed by atoms with E-state index in [0.29, 0.717) is 27.1 Å². The maximum atomic E-state index is 13.6. The number of Topliss-reactive ketones (excluding diaryl/α,β-unsaturated/α-hetero) is 2. The summed E-state index contributed by atoms with van der Waals surface area (Å²) in [7, 11) is 0. The monoisotopic (exact) mass is 526 g/mol. The highest BCUT2D eigenvalue weighted by Crippen LogP contribution is 2.45. The summed E-state index contributed by atoms with van der Waals surface area (Å²) in [6.45, 7) is 3.05. The molecule has 0 bridgehead atoms. The van der Waals surface area contributed by atoms with E-state index in [0.717, 1.165) is 11.3 Å². The molecule has 0 radical (unpaired) electrons. The summed E-state index contributed by atoms with van der Waals surface area (Å²) in [5.74, 6) is -2.47. The van der Waals surface area contributed by atoms with E-state index in [1.54, 1.807) is 43.3 Å². The number of ketones is 2. The van der Waals surface area contributed by atoms with Gasteiger partial charge in [-0.15, -0.1) is 0 Å². The van der Waals surface area contributed by atoms with Crippen LogP contribution < -0.4 is 4.90 Å². The van der Waals surface area contributed by atoms with Gasteiger partial charge in [0.1, 0.15) is 5.58 Å². The van der Waals surface area contributed by atoms with Gasteiger partial charge in [0.15, 0.2) is 22.4 Å². The molecule has 0 fully saturated rings. The molecule has 0 spiro atoms. The Bertz CT molecular complexity index is 1550. The van der Waals surface area contributed by atoms with E-state index in [1.165, 1.54) is 24.0 Å². The summed E-state index contributed by atoms with van der Waals surface area (Å²) in [5.41, 5.74) is 1.16. The molecule has 1 aliphatic heterocycles. The minimum absolute atomic E-state index is 0.0350. The van der Waals surface area contributed by atoms with Crippen LogP contribution in [0.4, 0.5) is 5.13 Å². The zero-order chi connectivity index (χ0) is 25.0. The number of para-hydroxylation sites is 1. The fourth-order valence-electron chi connectivity index (χ4n) is 4.07. The van der Waals surface area contributed by atoms with Crippen LogP contribution in [0.3, 0.4) is 0 Å². The Morgan fingerprint density at radius 1 is 1.11 bits per heavy atom. The molecule has 35 heavy (non-hydrogen) atoms. The predicted octanol–water partition coefficient (Wildman–Crippen LogP) is 6.49. The lowest BCUT2D eigenvalue weighted by Crippen LogP contribution is -2.31. The lowest BCUT2D eigenvalue weighted by atomic mass is 9.95. The second kappa shape index (κ2) is 8.64. The van der Waals surface area contributed by atoms with Crippen molar-refractivity contribution < 1.29 is 23.9 Å². The van der Waals surface area contributed by atoms with Gasteiger partial charge in [-0.1, -0.05) is 58.8 Å². The maximum absolute atomic E-state index is 13.6. The first-order valence-electron chi connectivity index (χ1n) is 10.4. The average molecular weight is 527 g/mol. The van der Waals surface area contributed by atoms with Gasteiger partial charge in [-0.25, -0.2) is 4.98 Å². The van der Waals surface area contributed by atoms with Crippen LogP contribution in [0.15, 0.2) is 64.3 Å². The molecule has 1 N–H and O–H groups in total. The number of benzene rings is 2. The lowest BCUT2D eigenvalue weighted by Gasteiger charge is -2.24. The van der Waals surface area contributed by atoms with Crippen LogP contribution in [0.1, 0.15) is 44.4 Å². The molecule has 7 nitrogen and oxygen atoms in total. The van der Waals surface area contributed by atoms with Crippen molar-refractivity contribution in [2.75, 3.05) is 4.90 Å². The van der Waals surface area contributed by atoms with E-state index in [4.69, 9.17) is 27.6 Å². The average Bonchev–Trinajstić information content (AvgIpc) is 3.49. The van der Waals surface area contributed by atoms with Gasteiger partial charge in [-0.05, 0) is 36.8 Å². The number of thiazole rings is 1. The molecule has 0 aliphatic carbocycles. The van der Waals surface area contributed by atoms with Crippen LogP contribution in [0.2, 0.25) is 10.0 Å². The van der Waals surface area contributed by atoms with Gasteiger partial charge in [-0.2, -0.15) is 0 Å². The number of hydrogen-bond donors (Lipinski definition) is 1. The number of nitrogens with zero attached hydrogens (tertiary/aromatic N) is 2. The molecule has 3 heterocycles. The fraction of sp³-hybridized carbons (Fsp3) is 0.120. The topological polar surface area (TPSA) is 101 Å². The first-order chi connectivity index (χ1) is 16.7. The van der Waals surface area contributed by atoms with Crippen LogP contribution in [0.5, 0.6) is 0 Å². The minimum atomic E-state index is -1.08. The number of carbonyl (C=O) groups excluding carboxylic acids is 3. The number of halogens is 2. The van der Waals surface area contributed by atoms with Crippen molar-refractivity contribution in [3.8, 4) is 0 Å². The number of hydrogen-bond acceptors (Lipinski definition) is 7. The van der Waals surface area contributed by atoms with E-state index in [1.807, 2.05) is 0 Å². The molecule has 0 unspecified atom stereocenters. The number of aromatic nitrogens is 1. The SMILES string of the molecule is CC(=O)c1sc(N2C(=O)C(O)=C(C(=O)c3cc4ccccc4o3)[C@@H]2c2ccc(Cl)c(Cl)c2)nc1C. The number of rotatable bonds is 5. The molecule has 4 aromatic rings. The Hall–Kier alpha value is -3.46. The summed E-state index contributed by atoms with van der Waals surface area (Å²) < 4.78 is 5.72. The predicted molar refractivity (Wildman–Crippen MR) is 134 cm³/mol. The van der Waals surface area contributed by atoms with E-state index in [2.05, 4.69) is 4.98 Å². The minimum Gasteiger partial charge on any atom is -0.503 e. The molecule has 1 amide bonds. The molecule has 10 heteroatoms. The van der Waals surface area contributed by atoms with Gasteiger partial charge in [0.25, 0.3) is 5.91 Å². The molecule has 2 aromatic heterocycles. The number of aryl methyl sites for hydroxylation is 1. The number of carbonyl (C=O) groups is 3. The third-order valence-corrected chi connectivity index (χ3v) is 7.67. The number of amides is 1. The fourth-order valence-corrected chi connectivity index (χ4v) is 5.37. The van der Waals surface area contributed by atoms with Crippen LogP contribution in [0.25, 0.3) is 11.0 Å². The number of aliphatic hydroxyl groups excluding tert-OH is 1. The lowest BCUT2D eigenvalue weighted by molar-refractivity contribution is -0.117. The number of fused-ring (bicyclic) bond motifs is 1. The Balaban J connectivity index is 1.69. The summed E-state index contributed by atoms with van der Waals surface area (Å²) in [6, 6.07) is 12.2. The molecule has 176 valence electrons. The van der Waals surface area contributed by atoms with Crippen LogP contribution in [-0.4, -0.2) is 27.6 Å². The van der Waals surface area contributed by atoms with Crippen molar-refractivity contribution in [3.05, 3.63) is 91.8 Å². The second-order valence-electron chi connectivity index (χ2n) is 7.96. The number of furan rings is 1. The van der Waals surface area contributed by atoms with Crippen LogP contribution in [0, 0.1) is 6.92 Å². The molecular formula is C25H16Cl2N2O5S. The largest absolute Gasteiger partial charge is 0.503 e. The third-order valence-electron chi connectivity index (χ3n) is 5.67. The molecule has 2 aromatic carbocycles. The highest BCUT2D eigenvalue weighted by atomic mass is 35.5. The molecular weight excluding hydrogens is 511 g/mol. The Kier molecular flexibility index (Phi) is 5.75. The van der Waals surface area contributed by atoms with Crippen LogP contribution >= 0.6 is 34.5 Å². The molecule has 0 saturated carbocycles. The smallest absolute Gasteiger partial charge is 0.296 e. The summed E-state index contributed by atoms with van der Waals surface area (Å²) in [6.07, 6.45) is 0.